The maximum Gasteiger partial charge on any atom is 0.276 e. The molecule has 25 heavy (non-hydrogen) atoms. The molecule has 2 heterocycles. The molecule has 0 saturated carbocycles. The number of allylic oxidation sites excluding steroid dienone is 1. The van der Waals surface area contributed by atoms with Crippen LogP contribution in [0.3, 0.4) is 0 Å². The predicted molar refractivity (Wildman–Crippen MR) is 96.7 cm³/mol. The summed E-state index contributed by atoms with van der Waals surface area (Å²) in [6.45, 7) is 0. The van der Waals surface area contributed by atoms with Crippen molar-refractivity contribution in [1.82, 2.24) is 19.9 Å². The van der Waals surface area contributed by atoms with Crippen LogP contribution in [-0.4, -0.2) is 31.0 Å². The molecule has 0 aliphatic heterocycles. The van der Waals surface area contributed by atoms with E-state index in [9.17, 15) is 10.1 Å². The van der Waals surface area contributed by atoms with Crippen LogP contribution < -0.4 is 0 Å². The predicted octanol–water partition coefficient (Wildman–Crippen LogP) is 3.46. The number of pyridine rings is 1. The van der Waals surface area contributed by atoms with E-state index in [4.69, 9.17) is 12.2 Å². The summed E-state index contributed by atoms with van der Waals surface area (Å²) in [4.78, 5) is 14.5. The van der Waals surface area contributed by atoms with Gasteiger partial charge in [0.2, 0.25) is 4.77 Å². The molecule has 2 aromatic heterocycles. The highest BCUT2D eigenvalue weighted by atomic mass is 32.1. The van der Waals surface area contributed by atoms with Crippen molar-refractivity contribution in [2.24, 2.45) is 5.10 Å². The third-order valence-electron chi connectivity index (χ3n) is 3.27. The fraction of sp³-hybridized carbons (Fsp3) is 0. The molecule has 3 rings (SSSR count). The first kappa shape index (κ1) is 16.4. The van der Waals surface area contributed by atoms with Crippen molar-refractivity contribution < 1.29 is 4.92 Å². The minimum atomic E-state index is -0.426. The summed E-state index contributed by atoms with van der Waals surface area (Å²) in [6, 6.07) is 10.0. The van der Waals surface area contributed by atoms with Crippen LogP contribution in [0.2, 0.25) is 0 Å². The average molecular weight is 352 g/mol. The highest BCUT2D eigenvalue weighted by Crippen LogP contribution is 2.19. The number of benzene rings is 1. The van der Waals surface area contributed by atoms with E-state index in [-0.39, 0.29) is 5.69 Å². The van der Waals surface area contributed by atoms with E-state index in [0.717, 1.165) is 5.56 Å². The second-order valence-corrected chi connectivity index (χ2v) is 5.23. The fourth-order valence-corrected chi connectivity index (χ4v) is 2.31. The molecule has 0 aliphatic rings. The van der Waals surface area contributed by atoms with Crippen molar-refractivity contribution >= 4 is 30.2 Å². The molecule has 0 unspecified atom stereocenters. The van der Waals surface area contributed by atoms with E-state index in [2.05, 4.69) is 20.3 Å². The van der Waals surface area contributed by atoms with Gasteiger partial charge in [-0.3, -0.25) is 15.1 Å². The summed E-state index contributed by atoms with van der Waals surface area (Å²) in [5.74, 6) is 0.544. The van der Waals surface area contributed by atoms with Gasteiger partial charge in [-0.1, -0.05) is 12.1 Å². The van der Waals surface area contributed by atoms with E-state index in [0.29, 0.717) is 16.2 Å². The van der Waals surface area contributed by atoms with Crippen LogP contribution >= 0.6 is 12.2 Å². The molecule has 1 N–H and O–H groups in total. The molecule has 8 nitrogen and oxygen atoms in total. The molecule has 1 aromatic carbocycles. The van der Waals surface area contributed by atoms with Crippen LogP contribution in [0.1, 0.15) is 5.56 Å². The van der Waals surface area contributed by atoms with E-state index in [1.807, 2.05) is 0 Å². The lowest BCUT2D eigenvalue weighted by atomic mass is 10.2. The third-order valence-corrected chi connectivity index (χ3v) is 3.53. The minimum absolute atomic E-state index is 0.0320. The lowest BCUT2D eigenvalue weighted by Crippen LogP contribution is -1.94. The average Bonchev–Trinajstić information content (AvgIpc) is 3.00. The molecular weight excluding hydrogens is 340 g/mol. The molecule has 3 aromatic rings. The van der Waals surface area contributed by atoms with Gasteiger partial charge in [-0.2, -0.15) is 14.9 Å². The Hall–Kier alpha value is -3.46. The van der Waals surface area contributed by atoms with Crippen LogP contribution in [0.5, 0.6) is 0 Å². The topological polar surface area (TPSA) is 102 Å². The second kappa shape index (κ2) is 7.41. The number of nitro groups is 1. The molecular formula is C16H12N6O2S. The number of rotatable bonds is 5. The molecule has 0 radical (unpaired) electrons. The number of para-hydroxylation sites is 1. The Balaban J connectivity index is 1.86. The number of hydrogen-bond acceptors (Lipinski definition) is 6. The molecule has 0 saturated heterocycles. The summed E-state index contributed by atoms with van der Waals surface area (Å²) in [7, 11) is 0. The van der Waals surface area contributed by atoms with Crippen molar-refractivity contribution in [2.75, 3.05) is 0 Å². The first-order valence-electron chi connectivity index (χ1n) is 7.19. The maximum absolute atomic E-state index is 11.0. The standard InChI is InChI=1S/C16H12N6O2S/c23-22(24)14-6-2-1-4-12(14)5-3-9-18-21-15(19-20-16(21)25)13-7-10-17-11-8-13/h1-11H,(H,20,25)/b5-3+,18-9-. The summed E-state index contributed by atoms with van der Waals surface area (Å²) in [5, 5.41) is 22.1. The zero-order valence-corrected chi connectivity index (χ0v) is 13.6. The molecule has 0 bridgehead atoms. The van der Waals surface area contributed by atoms with Crippen molar-refractivity contribution in [3.63, 3.8) is 0 Å². The molecule has 0 fully saturated rings. The van der Waals surface area contributed by atoms with Crippen molar-refractivity contribution in [2.45, 2.75) is 0 Å². The lowest BCUT2D eigenvalue weighted by molar-refractivity contribution is -0.385. The Morgan fingerprint density at radius 2 is 2.00 bits per heavy atom. The number of aromatic nitrogens is 4. The second-order valence-electron chi connectivity index (χ2n) is 4.84. The first-order valence-corrected chi connectivity index (χ1v) is 7.60. The Bertz CT molecular complexity index is 1010. The number of H-pyrrole nitrogens is 1. The molecule has 0 aliphatic carbocycles. The summed E-state index contributed by atoms with van der Waals surface area (Å²) < 4.78 is 1.80. The molecule has 9 heteroatoms. The number of nitrogens with one attached hydrogen (secondary N) is 1. The summed E-state index contributed by atoms with van der Waals surface area (Å²) in [5.41, 5.74) is 1.33. The first-order chi connectivity index (χ1) is 12.2. The quantitative estimate of drug-likeness (QED) is 0.328. The molecule has 0 atom stereocenters. The van der Waals surface area contributed by atoms with Crippen molar-refractivity contribution in [3.8, 4) is 11.4 Å². The monoisotopic (exact) mass is 352 g/mol. The SMILES string of the molecule is O=[N+]([O-])c1ccccc1/C=C/C=N\n1c(-c2ccncc2)n[nH]c1=S. The van der Waals surface area contributed by atoms with E-state index < -0.39 is 4.92 Å². The van der Waals surface area contributed by atoms with Crippen LogP contribution in [-0.2, 0) is 0 Å². The van der Waals surface area contributed by atoms with Gasteiger partial charge in [0.05, 0.1) is 10.5 Å². The molecule has 124 valence electrons. The Morgan fingerprint density at radius 1 is 1.24 bits per heavy atom. The third kappa shape index (κ3) is 3.72. The van der Waals surface area contributed by atoms with E-state index in [1.165, 1.54) is 17.0 Å². The van der Waals surface area contributed by atoms with Gasteiger partial charge in [-0.05, 0) is 42.6 Å². The maximum atomic E-state index is 11.0. The van der Waals surface area contributed by atoms with Gasteiger partial charge in [0.1, 0.15) is 0 Å². The molecule has 0 spiro atoms. The zero-order valence-electron chi connectivity index (χ0n) is 12.8. The lowest BCUT2D eigenvalue weighted by Gasteiger charge is -1.99. The Labute approximate surface area is 147 Å². The summed E-state index contributed by atoms with van der Waals surface area (Å²) >= 11 is 5.17. The van der Waals surface area contributed by atoms with Crippen LogP contribution in [0.15, 0.2) is 60.0 Å². The van der Waals surface area contributed by atoms with Crippen molar-refractivity contribution in [1.29, 1.82) is 0 Å². The highest BCUT2D eigenvalue weighted by Gasteiger charge is 2.09. The number of nitro benzene ring substituents is 1. The fourth-order valence-electron chi connectivity index (χ4n) is 2.13. The zero-order chi connectivity index (χ0) is 17.6. The van der Waals surface area contributed by atoms with Gasteiger partial charge in [0.15, 0.2) is 5.82 Å². The Kier molecular flexibility index (Phi) is 4.86. The van der Waals surface area contributed by atoms with Crippen LogP contribution in [0.25, 0.3) is 17.5 Å². The van der Waals surface area contributed by atoms with Gasteiger partial charge in [-0.15, -0.1) is 0 Å². The van der Waals surface area contributed by atoms with Gasteiger partial charge in [0.25, 0.3) is 5.69 Å². The minimum Gasteiger partial charge on any atom is -0.265 e. The van der Waals surface area contributed by atoms with Gasteiger partial charge < -0.3 is 0 Å². The number of hydrogen-bond donors (Lipinski definition) is 1. The van der Waals surface area contributed by atoms with E-state index >= 15 is 0 Å². The smallest absolute Gasteiger partial charge is 0.265 e. The number of aromatic amines is 1. The van der Waals surface area contributed by atoms with Crippen LogP contribution in [0.4, 0.5) is 5.69 Å². The Morgan fingerprint density at radius 3 is 2.76 bits per heavy atom. The molecule has 0 amide bonds. The van der Waals surface area contributed by atoms with Gasteiger partial charge in [0, 0.05) is 30.2 Å². The summed E-state index contributed by atoms with van der Waals surface area (Å²) in [6.07, 6.45) is 8.00. The highest BCUT2D eigenvalue weighted by molar-refractivity contribution is 7.71. The van der Waals surface area contributed by atoms with E-state index in [1.54, 1.807) is 54.9 Å². The van der Waals surface area contributed by atoms with Gasteiger partial charge in [-0.25, -0.2) is 5.10 Å². The van der Waals surface area contributed by atoms with Gasteiger partial charge >= 0.3 is 0 Å². The van der Waals surface area contributed by atoms with Crippen molar-refractivity contribution in [3.05, 3.63) is 75.3 Å². The van der Waals surface area contributed by atoms with Crippen LogP contribution in [0, 0.1) is 14.9 Å². The number of nitrogens with zero attached hydrogens (tertiary/aromatic N) is 5. The normalized spacial score (nSPS) is 11.4. The largest absolute Gasteiger partial charge is 0.276 e.